The van der Waals surface area contributed by atoms with Crippen molar-refractivity contribution in [3.63, 3.8) is 0 Å². The maximum Gasteiger partial charge on any atom is 0.242 e. The number of furan rings is 1. The van der Waals surface area contributed by atoms with Crippen molar-refractivity contribution in [1.29, 1.82) is 0 Å². The van der Waals surface area contributed by atoms with E-state index >= 15 is 0 Å². The number of benzene rings is 1. The fourth-order valence-electron chi connectivity index (χ4n) is 3.17. The van der Waals surface area contributed by atoms with Gasteiger partial charge in [0.25, 0.3) is 0 Å². The molecule has 0 saturated heterocycles. The lowest BCUT2D eigenvalue weighted by Gasteiger charge is -2.24. The Labute approximate surface area is 139 Å². The van der Waals surface area contributed by atoms with E-state index in [1.807, 2.05) is 24.3 Å². The normalized spacial score (nSPS) is 17.6. The molecule has 1 aliphatic carbocycles. The van der Waals surface area contributed by atoms with E-state index in [9.17, 15) is 8.42 Å². The van der Waals surface area contributed by atoms with Gasteiger partial charge >= 0.3 is 0 Å². The molecule has 2 aromatic heterocycles. The smallest absolute Gasteiger partial charge is 0.242 e. The van der Waals surface area contributed by atoms with Gasteiger partial charge in [-0.15, -0.1) is 0 Å². The van der Waals surface area contributed by atoms with Crippen LogP contribution in [-0.4, -0.2) is 18.6 Å². The largest absolute Gasteiger partial charge is 0.461 e. The molecular weight excluding hydrogens is 328 g/mol. The van der Waals surface area contributed by atoms with Crippen LogP contribution in [0.3, 0.4) is 0 Å². The van der Waals surface area contributed by atoms with Crippen LogP contribution in [0.4, 0.5) is 0 Å². The lowest BCUT2D eigenvalue weighted by atomic mass is 9.91. The molecule has 0 unspecified atom stereocenters. The van der Waals surface area contributed by atoms with Gasteiger partial charge in [-0.3, -0.25) is 0 Å². The monoisotopic (exact) mass is 344 g/mol. The number of nitrogens with zero attached hydrogens (tertiary/aromatic N) is 2. The molecule has 0 saturated carbocycles. The molecule has 6 nitrogen and oxygen atoms in total. The molecule has 1 atom stereocenters. The number of fused-ring (bicyclic) bond motifs is 1. The lowest BCUT2D eigenvalue weighted by molar-refractivity contribution is 0.387. The number of hydrogen-bond acceptors (Lipinski definition) is 6. The highest BCUT2D eigenvalue weighted by molar-refractivity contribution is 7.90. The average Bonchev–Trinajstić information content (AvgIpc) is 3.25. The number of aromatic nitrogens is 2. The molecule has 4 rings (SSSR count). The Bertz CT molecular complexity index is 945. The van der Waals surface area contributed by atoms with Crippen molar-refractivity contribution in [2.24, 2.45) is 0 Å². The first kappa shape index (κ1) is 15.1. The summed E-state index contributed by atoms with van der Waals surface area (Å²) in [5.74, 6) is 0.531. The Balaban J connectivity index is 1.61. The summed E-state index contributed by atoms with van der Waals surface area (Å²) in [6.45, 7) is 0. The minimum absolute atomic E-state index is 0.0875. The molecule has 0 amide bonds. The summed E-state index contributed by atoms with van der Waals surface area (Å²) in [4.78, 5) is 4.14. The summed E-state index contributed by atoms with van der Waals surface area (Å²) in [7, 11) is -3.43. The topological polar surface area (TPSA) is 86.2 Å². The summed E-state index contributed by atoms with van der Waals surface area (Å²) in [6, 6.07) is 11.1. The quantitative estimate of drug-likeness (QED) is 0.721. The molecule has 1 aromatic carbocycles. The first-order chi connectivity index (χ1) is 11.6. The third-order valence-corrected chi connectivity index (χ3v) is 6.29. The molecule has 7 heteroatoms. The van der Waals surface area contributed by atoms with Crippen molar-refractivity contribution in [1.82, 2.24) is 10.1 Å². The number of aryl methyl sites for hydroxylation is 1. The van der Waals surface area contributed by atoms with Gasteiger partial charge in [0, 0.05) is 0 Å². The highest BCUT2D eigenvalue weighted by Gasteiger charge is 2.33. The van der Waals surface area contributed by atoms with Crippen molar-refractivity contribution in [2.45, 2.75) is 30.3 Å². The Morgan fingerprint density at radius 3 is 2.88 bits per heavy atom. The Morgan fingerprint density at radius 2 is 2.04 bits per heavy atom. The molecule has 3 aromatic rings. The Hall–Kier alpha value is -2.41. The van der Waals surface area contributed by atoms with Crippen molar-refractivity contribution >= 4 is 9.84 Å². The predicted octanol–water partition coefficient (Wildman–Crippen LogP) is 3.32. The van der Waals surface area contributed by atoms with Crippen molar-refractivity contribution in [2.75, 3.05) is 0 Å². The summed E-state index contributed by atoms with van der Waals surface area (Å²) >= 11 is 0. The zero-order chi connectivity index (χ0) is 16.6. The number of sulfone groups is 1. The van der Waals surface area contributed by atoms with Gasteiger partial charge in [0.05, 0.1) is 11.5 Å². The van der Waals surface area contributed by atoms with Gasteiger partial charge in [0.1, 0.15) is 5.75 Å². The van der Waals surface area contributed by atoms with Gasteiger partial charge in [-0.05, 0) is 42.5 Å². The fraction of sp³-hybridized carbons (Fsp3) is 0.294. The van der Waals surface area contributed by atoms with Crippen LogP contribution >= 0.6 is 0 Å². The van der Waals surface area contributed by atoms with Crippen LogP contribution in [0.2, 0.25) is 0 Å². The van der Waals surface area contributed by atoms with E-state index in [2.05, 4.69) is 10.1 Å². The zero-order valence-electron chi connectivity index (χ0n) is 12.9. The van der Waals surface area contributed by atoms with Crippen LogP contribution in [0.25, 0.3) is 11.6 Å². The minimum atomic E-state index is -3.43. The summed E-state index contributed by atoms with van der Waals surface area (Å²) in [5, 5.41) is 3.28. The van der Waals surface area contributed by atoms with Crippen LogP contribution in [0, 0.1) is 0 Å². The van der Waals surface area contributed by atoms with E-state index in [0.29, 0.717) is 12.2 Å². The fourth-order valence-corrected chi connectivity index (χ4v) is 4.98. The van der Waals surface area contributed by atoms with E-state index in [-0.39, 0.29) is 17.5 Å². The lowest BCUT2D eigenvalue weighted by Crippen LogP contribution is -2.20. The average molecular weight is 344 g/mol. The highest BCUT2D eigenvalue weighted by Crippen LogP contribution is 2.37. The maximum atomic E-state index is 12.9. The van der Waals surface area contributed by atoms with Crippen LogP contribution < -0.4 is 0 Å². The van der Waals surface area contributed by atoms with E-state index in [1.165, 1.54) is 6.26 Å². The predicted molar refractivity (Wildman–Crippen MR) is 86.7 cm³/mol. The van der Waals surface area contributed by atoms with Gasteiger partial charge in [-0.2, -0.15) is 4.98 Å². The second-order valence-corrected chi connectivity index (χ2v) is 8.06. The van der Waals surface area contributed by atoms with Crippen molar-refractivity contribution < 1.29 is 17.4 Å². The van der Waals surface area contributed by atoms with Crippen LogP contribution in [0.5, 0.6) is 0 Å². The van der Waals surface area contributed by atoms with E-state index in [0.717, 1.165) is 24.0 Å². The molecule has 0 N–H and O–H groups in total. The summed E-state index contributed by atoms with van der Waals surface area (Å²) < 4.78 is 36.0. The second kappa shape index (κ2) is 5.90. The molecule has 0 fully saturated rings. The van der Waals surface area contributed by atoms with E-state index in [1.54, 1.807) is 12.1 Å². The molecule has 2 heterocycles. The number of rotatable bonds is 4. The van der Waals surface area contributed by atoms with Crippen LogP contribution in [0.1, 0.15) is 35.1 Å². The van der Waals surface area contributed by atoms with Gasteiger partial charge in [0.15, 0.2) is 15.6 Å². The van der Waals surface area contributed by atoms with Gasteiger partial charge in [-0.1, -0.05) is 29.4 Å². The SMILES string of the molecule is O=S(=O)(Cc1nc(-c2ccco2)no1)[C@@H]1CCCc2ccccc21. The molecule has 0 radical (unpaired) electrons. The first-order valence-corrected chi connectivity index (χ1v) is 9.51. The van der Waals surface area contributed by atoms with Gasteiger partial charge in [-0.25, -0.2) is 8.42 Å². The molecule has 0 bridgehead atoms. The Kier molecular flexibility index (Phi) is 3.72. The Morgan fingerprint density at radius 1 is 1.17 bits per heavy atom. The highest BCUT2D eigenvalue weighted by atomic mass is 32.2. The third kappa shape index (κ3) is 2.75. The molecule has 124 valence electrons. The van der Waals surface area contributed by atoms with Crippen LogP contribution in [0.15, 0.2) is 51.6 Å². The van der Waals surface area contributed by atoms with Crippen molar-refractivity contribution in [3.8, 4) is 11.6 Å². The van der Waals surface area contributed by atoms with Gasteiger partial charge in [0.2, 0.25) is 11.7 Å². The van der Waals surface area contributed by atoms with Gasteiger partial charge < -0.3 is 8.94 Å². The molecular formula is C17H16N2O4S. The molecule has 1 aliphatic rings. The summed E-state index contributed by atoms with van der Waals surface area (Å²) in [5.41, 5.74) is 2.01. The zero-order valence-corrected chi connectivity index (χ0v) is 13.7. The van der Waals surface area contributed by atoms with Crippen molar-refractivity contribution in [3.05, 3.63) is 59.7 Å². The standard InChI is InChI=1S/C17H16N2O4S/c20-24(21,15-9-3-6-12-5-1-2-7-13(12)15)11-16-18-17(19-23-16)14-8-4-10-22-14/h1-2,4-5,7-8,10,15H,3,6,9,11H2/t15-/m1/s1. The summed E-state index contributed by atoms with van der Waals surface area (Å²) in [6.07, 6.45) is 3.91. The molecule has 0 spiro atoms. The van der Waals surface area contributed by atoms with E-state index in [4.69, 9.17) is 8.94 Å². The third-order valence-electron chi connectivity index (χ3n) is 4.28. The minimum Gasteiger partial charge on any atom is -0.461 e. The van der Waals surface area contributed by atoms with Crippen LogP contribution in [-0.2, 0) is 22.0 Å². The number of hydrogen-bond donors (Lipinski definition) is 0. The van der Waals surface area contributed by atoms with E-state index < -0.39 is 15.1 Å². The maximum absolute atomic E-state index is 12.9. The first-order valence-electron chi connectivity index (χ1n) is 7.79. The molecule has 0 aliphatic heterocycles. The second-order valence-electron chi connectivity index (χ2n) is 5.88. The molecule has 24 heavy (non-hydrogen) atoms.